The van der Waals surface area contributed by atoms with Crippen LogP contribution in [0.15, 0.2) is 66.7 Å². The summed E-state index contributed by atoms with van der Waals surface area (Å²) in [6.07, 6.45) is 3.49. The predicted molar refractivity (Wildman–Crippen MR) is 142 cm³/mol. The van der Waals surface area contributed by atoms with Crippen LogP contribution in [0, 0.1) is 5.92 Å². The van der Waals surface area contributed by atoms with Crippen molar-refractivity contribution in [2.75, 3.05) is 32.0 Å². The van der Waals surface area contributed by atoms with E-state index in [2.05, 4.69) is 22.6 Å². The number of carbonyl (C=O) groups is 3. The van der Waals surface area contributed by atoms with Gasteiger partial charge in [0.05, 0.1) is 11.3 Å². The number of nitrogens with zero attached hydrogens (tertiary/aromatic N) is 1. The lowest BCUT2D eigenvalue weighted by atomic mass is 9.97. The molecular formula is C29H31N3O4. The van der Waals surface area contributed by atoms with Crippen LogP contribution in [0.4, 0.5) is 5.69 Å². The summed E-state index contributed by atoms with van der Waals surface area (Å²) in [7, 11) is 2.09. The van der Waals surface area contributed by atoms with Gasteiger partial charge in [0.15, 0.2) is 0 Å². The maximum absolute atomic E-state index is 12.8. The molecule has 1 heterocycles. The molecule has 0 aliphatic carbocycles. The maximum Gasteiger partial charge on any atom is 0.337 e. The van der Waals surface area contributed by atoms with Gasteiger partial charge in [-0.3, -0.25) is 9.59 Å². The molecule has 1 saturated heterocycles. The zero-order valence-corrected chi connectivity index (χ0v) is 20.6. The molecule has 36 heavy (non-hydrogen) atoms. The number of hydrogen-bond acceptors (Lipinski definition) is 4. The highest BCUT2D eigenvalue weighted by Gasteiger charge is 2.19. The van der Waals surface area contributed by atoms with E-state index in [4.69, 9.17) is 0 Å². The summed E-state index contributed by atoms with van der Waals surface area (Å²) >= 11 is 0. The smallest absolute Gasteiger partial charge is 0.337 e. The molecule has 3 aromatic carbocycles. The van der Waals surface area contributed by atoms with E-state index in [1.54, 1.807) is 0 Å². The largest absolute Gasteiger partial charge is 0.478 e. The topological polar surface area (TPSA) is 98.7 Å². The van der Waals surface area contributed by atoms with Crippen molar-refractivity contribution in [3.63, 3.8) is 0 Å². The highest BCUT2D eigenvalue weighted by Crippen LogP contribution is 2.23. The van der Waals surface area contributed by atoms with Gasteiger partial charge in [0.25, 0.3) is 5.91 Å². The predicted octanol–water partition coefficient (Wildman–Crippen LogP) is 4.65. The van der Waals surface area contributed by atoms with E-state index in [0.717, 1.165) is 47.8 Å². The van der Waals surface area contributed by atoms with Crippen LogP contribution in [0.5, 0.6) is 0 Å². The molecule has 3 N–H and O–H groups in total. The number of likely N-dealkylation sites (tertiary alicyclic amines) is 1. The summed E-state index contributed by atoms with van der Waals surface area (Å²) in [6, 6.07) is 18.2. The average Bonchev–Trinajstić information content (AvgIpc) is 2.87. The summed E-state index contributed by atoms with van der Waals surface area (Å²) in [6.45, 7) is 4.42. The number of anilines is 1. The van der Waals surface area contributed by atoms with Gasteiger partial charge in [0, 0.05) is 18.2 Å². The zero-order valence-electron chi connectivity index (χ0n) is 20.6. The Bertz CT molecular complexity index is 1320. The number of carboxylic acid groups (broad SMARTS) is 1. The lowest BCUT2D eigenvalue weighted by Crippen LogP contribution is -2.36. The molecule has 1 aliphatic heterocycles. The first-order chi connectivity index (χ1) is 17.3. The van der Waals surface area contributed by atoms with Gasteiger partial charge >= 0.3 is 5.97 Å². The number of benzene rings is 3. The second-order valence-electron chi connectivity index (χ2n) is 9.40. The quantitative estimate of drug-likeness (QED) is 0.423. The second kappa shape index (κ2) is 11.2. The van der Waals surface area contributed by atoms with E-state index in [0.29, 0.717) is 18.0 Å². The molecule has 0 radical (unpaired) electrons. The molecule has 3 aromatic rings. The normalized spacial score (nSPS) is 15.0. The number of hydrogen-bond donors (Lipinski definition) is 3. The van der Waals surface area contributed by atoms with Gasteiger partial charge in [-0.15, -0.1) is 0 Å². The Hall–Kier alpha value is -3.97. The number of carbonyl (C=O) groups excluding carboxylic acids is 2. The lowest BCUT2D eigenvalue weighted by molar-refractivity contribution is -0.111. The van der Waals surface area contributed by atoms with E-state index < -0.39 is 11.9 Å². The van der Waals surface area contributed by atoms with Gasteiger partial charge in [-0.1, -0.05) is 36.4 Å². The minimum Gasteiger partial charge on any atom is -0.478 e. The van der Waals surface area contributed by atoms with E-state index in [1.165, 1.54) is 24.3 Å². The molecule has 7 nitrogen and oxygen atoms in total. The Balaban J connectivity index is 1.47. The summed E-state index contributed by atoms with van der Waals surface area (Å²) in [4.78, 5) is 39.5. The number of allylic oxidation sites excluding steroid dienone is 1. The SMILES string of the molecule is CC(=CC(=O)Nc1cc(C(=O)NCC2CCN(C)CC2)ccc1C(=O)O)c1ccc2ccccc2c1. The van der Waals surface area contributed by atoms with Gasteiger partial charge in [0.1, 0.15) is 0 Å². The molecule has 2 amide bonds. The molecule has 0 unspecified atom stereocenters. The van der Waals surface area contributed by atoms with Crippen LogP contribution in [-0.4, -0.2) is 54.5 Å². The highest BCUT2D eigenvalue weighted by atomic mass is 16.4. The number of rotatable bonds is 7. The van der Waals surface area contributed by atoms with Crippen LogP contribution in [0.1, 0.15) is 46.0 Å². The van der Waals surface area contributed by atoms with Crippen LogP contribution >= 0.6 is 0 Å². The summed E-state index contributed by atoms with van der Waals surface area (Å²) in [5.41, 5.74) is 1.94. The number of fused-ring (bicyclic) bond motifs is 1. The van der Waals surface area contributed by atoms with Crippen molar-refractivity contribution in [1.29, 1.82) is 0 Å². The van der Waals surface area contributed by atoms with Gasteiger partial charge in [-0.2, -0.15) is 0 Å². The van der Waals surface area contributed by atoms with Gasteiger partial charge < -0.3 is 20.6 Å². The Labute approximate surface area is 210 Å². The van der Waals surface area contributed by atoms with Crippen LogP contribution in [-0.2, 0) is 4.79 Å². The minimum absolute atomic E-state index is 0.0769. The molecule has 0 bridgehead atoms. The fourth-order valence-electron chi connectivity index (χ4n) is 4.46. The summed E-state index contributed by atoms with van der Waals surface area (Å²) in [5.74, 6) is -1.51. The number of carboxylic acids is 1. The second-order valence-corrected chi connectivity index (χ2v) is 9.40. The zero-order chi connectivity index (χ0) is 25.7. The van der Waals surface area contributed by atoms with Crippen molar-refractivity contribution >= 4 is 39.8 Å². The average molecular weight is 486 g/mol. The fourth-order valence-corrected chi connectivity index (χ4v) is 4.46. The van der Waals surface area contributed by atoms with Crippen molar-refractivity contribution in [3.05, 3.63) is 83.4 Å². The minimum atomic E-state index is -1.18. The van der Waals surface area contributed by atoms with E-state index >= 15 is 0 Å². The van der Waals surface area contributed by atoms with Crippen molar-refractivity contribution in [1.82, 2.24) is 10.2 Å². The van der Waals surface area contributed by atoms with Crippen molar-refractivity contribution < 1.29 is 19.5 Å². The molecule has 0 saturated carbocycles. The summed E-state index contributed by atoms with van der Waals surface area (Å²) < 4.78 is 0. The van der Waals surface area contributed by atoms with Gasteiger partial charge in [-0.25, -0.2) is 4.79 Å². The van der Waals surface area contributed by atoms with Gasteiger partial charge in [0.2, 0.25) is 5.91 Å². The monoisotopic (exact) mass is 485 g/mol. The first-order valence-corrected chi connectivity index (χ1v) is 12.1. The van der Waals surface area contributed by atoms with Crippen LogP contribution in [0.2, 0.25) is 0 Å². The van der Waals surface area contributed by atoms with Crippen LogP contribution < -0.4 is 10.6 Å². The van der Waals surface area contributed by atoms with Crippen LogP contribution in [0.25, 0.3) is 16.3 Å². The molecule has 1 fully saturated rings. The van der Waals surface area contributed by atoms with Crippen molar-refractivity contribution in [3.8, 4) is 0 Å². The Morgan fingerprint density at radius 3 is 2.39 bits per heavy atom. The number of piperidine rings is 1. The molecule has 1 aliphatic rings. The van der Waals surface area contributed by atoms with Crippen molar-refractivity contribution in [2.24, 2.45) is 5.92 Å². The Kier molecular flexibility index (Phi) is 7.80. The molecular weight excluding hydrogens is 454 g/mol. The van der Waals surface area contributed by atoms with E-state index in [1.807, 2.05) is 49.4 Å². The molecule has 186 valence electrons. The summed E-state index contributed by atoms with van der Waals surface area (Å²) in [5, 5.41) is 17.4. The van der Waals surface area contributed by atoms with Crippen molar-refractivity contribution in [2.45, 2.75) is 19.8 Å². The van der Waals surface area contributed by atoms with E-state index in [9.17, 15) is 19.5 Å². The lowest BCUT2D eigenvalue weighted by Gasteiger charge is -2.28. The first-order valence-electron chi connectivity index (χ1n) is 12.1. The number of aromatic carboxylic acids is 1. The van der Waals surface area contributed by atoms with E-state index in [-0.39, 0.29) is 17.2 Å². The Morgan fingerprint density at radius 2 is 1.67 bits per heavy atom. The van der Waals surface area contributed by atoms with Crippen LogP contribution in [0.3, 0.4) is 0 Å². The third-order valence-electron chi connectivity index (χ3n) is 6.71. The fraction of sp³-hybridized carbons (Fsp3) is 0.276. The molecule has 0 atom stereocenters. The first kappa shape index (κ1) is 25.1. The standard InChI is InChI=1S/C29H31N3O4/c1-19(22-8-7-21-5-3-4-6-23(21)16-22)15-27(33)31-26-17-24(9-10-25(26)29(35)36)28(34)30-18-20-11-13-32(2)14-12-20/h3-10,15-17,20H,11-14,18H2,1-2H3,(H,30,34)(H,31,33)(H,35,36). The molecule has 0 aromatic heterocycles. The highest BCUT2D eigenvalue weighted by molar-refractivity contribution is 6.08. The van der Waals surface area contributed by atoms with Gasteiger partial charge in [-0.05, 0) is 92.0 Å². The Morgan fingerprint density at radius 1 is 0.972 bits per heavy atom. The maximum atomic E-state index is 12.8. The molecule has 4 rings (SSSR count). The molecule has 0 spiro atoms. The molecule has 7 heteroatoms. The number of nitrogens with one attached hydrogen (secondary N) is 2. The number of amides is 2. The third kappa shape index (κ3) is 6.17. The third-order valence-corrected chi connectivity index (χ3v) is 6.71.